The zero-order valence-electron chi connectivity index (χ0n) is 19.6. The SMILES string of the molecule is COC(=O)c1ccc(-c2ccc(/C=N\NC(=O)Cn3c4ccccc4c(=O)c4ccccc43)o2)cc1Cl. The number of carbonyl (C=O) groups is 2. The Morgan fingerprint density at radius 2 is 1.68 bits per heavy atom. The lowest BCUT2D eigenvalue weighted by Crippen LogP contribution is -2.25. The first-order valence-corrected chi connectivity index (χ1v) is 11.6. The first-order chi connectivity index (χ1) is 18.0. The van der Waals surface area contributed by atoms with E-state index in [-0.39, 0.29) is 28.5 Å². The molecule has 0 aliphatic heterocycles. The molecule has 0 unspecified atom stereocenters. The number of amides is 1. The third-order valence-electron chi connectivity index (χ3n) is 5.85. The maximum atomic E-state index is 12.9. The number of nitrogens with zero attached hydrogens (tertiary/aromatic N) is 2. The second-order valence-electron chi connectivity index (χ2n) is 8.13. The maximum Gasteiger partial charge on any atom is 0.339 e. The van der Waals surface area contributed by atoms with Crippen LogP contribution in [0.25, 0.3) is 33.1 Å². The van der Waals surface area contributed by atoms with E-state index in [0.29, 0.717) is 38.9 Å². The van der Waals surface area contributed by atoms with Gasteiger partial charge in [-0.3, -0.25) is 9.59 Å². The lowest BCUT2D eigenvalue weighted by molar-refractivity contribution is -0.121. The van der Waals surface area contributed by atoms with Gasteiger partial charge in [-0.05, 0) is 48.5 Å². The fraction of sp³-hybridized carbons (Fsp3) is 0.0714. The smallest absolute Gasteiger partial charge is 0.339 e. The number of benzene rings is 3. The summed E-state index contributed by atoms with van der Waals surface area (Å²) in [5.74, 6) is 0.0230. The van der Waals surface area contributed by atoms with E-state index in [2.05, 4.69) is 10.5 Å². The van der Waals surface area contributed by atoms with E-state index in [1.165, 1.54) is 13.3 Å². The summed E-state index contributed by atoms with van der Waals surface area (Å²) in [6.45, 7) is -0.0346. The first kappa shape index (κ1) is 24.0. The largest absolute Gasteiger partial charge is 0.465 e. The summed E-state index contributed by atoms with van der Waals surface area (Å²) in [5, 5.41) is 5.33. The predicted molar refractivity (Wildman–Crippen MR) is 142 cm³/mol. The lowest BCUT2D eigenvalue weighted by atomic mass is 10.1. The molecule has 0 fully saturated rings. The second kappa shape index (κ2) is 10.1. The van der Waals surface area contributed by atoms with Gasteiger partial charge in [0.2, 0.25) is 0 Å². The van der Waals surface area contributed by atoms with Crippen LogP contribution in [0.3, 0.4) is 0 Å². The fourth-order valence-corrected chi connectivity index (χ4v) is 4.37. The second-order valence-corrected chi connectivity index (χ2v) is 8.54. The number of hydrogen-bond donors (Lipinski definition) is 1. The normalized spacial score (nSPS) is 11.3. The Hall–Kier alpha value is -4.69. The number of carbonyl (C=O) groups excluding carboxylic acids is 2. The number of hydrogen-bond acceptors (Lipinski definition) is 6. The van der Waals surface area contributed by atoms with Crippen LogP contribution in [0.2, 0.25) is 5.02 Å². The monoisotopic (exact) mass is 513 g/mol. The van der Waals surface area contributed by atoms with E-state index >= 15 is 0 Å². The molecule has 2 aromatic heterocycles. The summed E-state index contributed by atoms with van der Waals surface area (Å²) in [6, 6.07) is 22.7. The van der Waals surface area contributed by atoms with Crippen LogP contribution in [0.4, 0.5) is 0 Å². The van der Waals surface area contributed by atoms with Crippen LogP contribution in [0.15, 0.2) is 93.2 Å². The van der Waals surface area contributed by atoms with E-state index in [4.69, 9.17) is 20.8 Å². The summed E-state index contributed by atoms with van der Waals surface area (Å²) >= 11 is 6.19. The Morgan fingerprint density at radius 3 is 2.32 bits per heavy atom. The number of halogens is 1. The highest BCUT2D eigenvalue weighted by atomic mass is 35.5. The number of esters is 1. The van der Waals surface area contributed by atoms with Gasteiger partial charge in [-0.15, -0.1) is 0 Å². The van der Waals surface area contributed by atoms with Crippen molar-refractivity contribution in [3.05, 3.63) is 105 Å². The molecule has 0 saturated carbocycles. The van der Waals surface area contributed by atoms with Crippen molar-refractivity contribution >= 4 is 51.5 Å². The predicted octanol–water partition coefficient (Wildman–Crippen LogP) is 5.01. The highest BCUT2D eigenvalue weighted by Gasteiger charge is 2.14. The molecule has 184 valence electrons. The molecule has 1 amide bonds. The van der Waals surface area contributed by atoms with Gasteiger partial charge in [-0.2, -0.15) is 5.10 Å². The van der Waals surface area contributed by atoms with Crippen molar-refractivity contribution in [1.82, 2.24) is 9.99 Å². The molecule has 1 N–H and O–H groups in total. The van der Waals surface area contributed by atoms with Crippen molar-refractivity contribution in [2.24, 2.45) is 5.10 Å². The summed E-state index contributed by atoms with van der Waals surface area (Å²) in [4.78, 5) is 37.3. The van der Waals surface area contributed by atoms with Crippen molar-refractivity contribution < 1.29 is 18.7 Å². The van der Waals surface area contributed by atoms with Gasteiger partial charge in [0.25, 0.3) is 5.91 Å². The number of methoxy groups -OCH3 is 1. The van der Waals surface area contributed by atoms with E-state index in [1.54, 1.807) is 59.2 Å². The maximum absolute atomic E-state index is 12.9. The van der Waals surface area contributed by atoms with Gasteiger partial charge < -0.3 is 13.7 Å². The molecule has 0 bridgehead atoms. The number of hydrazone groups is 1. The van der Waals surface area contributed by atoms with Crippen LogP contribution in [-0.4, -0.2) is 29.8 Å². The molecule has 8 nitrogen and oxygen atoms in total. The summed E-state index contributed by atoms with van der Waals surface area (Å²) < 4.78 is 12.3. The third kappa shape index (κ3) is 4.74. The van der Waals surface area contributed by atoms with Crippen LogP contribution in [0.1, 0.15) is 16.1 Å². The quantitative estimate of drug-likeness (QED) is 0.149. The Morgan fingerprint density at radius 1 is 1.00 bits per heavy atom. The number of furan rings is 1. The minimum atomic E-state index is -0.525. The third-order valence-corrected chi connectivity index (χ3v) is 6.16. The van der Waals surface area contributed by atoms with Crippen LogP contribution >= 0.6 is 11.6 Å². The summed E-state index contributed by atoms with van der Waals surface area (Å²) in [5.41, 5.74) is 4.69. The van der Waals surface area contributed by atoms with Gasteiger partial charge in [0.05, 0.1) is 34.9 Å². The van der Waals surface area contributed by atoms with E-state index in [1.807, 2.05) is 24.3 Å². The molecule has 0 aliphatic rings. The Kier molecular flexibility index (Phi) is 6.57. The molecule has 9 heteroatoms. The van der Waals surface area contributed by atoms with E-state index in [9.17, 15) is 14.4 Å². The standard InChI is InChI=1S/C28H20ClN3O5/c1-36-28(35)19-12-10-17(14-22(19)29)25-13-11-18(37-25)15-30-31-26(33)16-32-23-8-4-2-6-20(23)27(34)21-7-3-5-9-24(21)32/h2-15H,16H2,1H3,(H,31,33)/b30-15-. The Bertz CT molecular complexity index is 1690. The number of pyridine rings is 1. The van der Waals surface area contributed by atoms with Crippen LogP contribution in [-0.2, 0) is 16.1 Å². The number of nitrogens with one attached hydrogen (secondary N) is 1. The van der Waals surface area contributed by atoms with Crippen molar-refractivity contribution in [3.8, 4) is 11.3 Å². The van der Waals surface area contributed by atoms with Gasteiger partial charge in [0.15, 0.2) is 5.43 Å². The Balaban J connectivity index is 1.32. The molecule has 0 aliphatic carbocycles. The molecule has 0 spiro atoms. The van der Waals surface area contributed by atoms with Gasteiger partial charge in [-0.25, -0.2) is 10.2 Å². The van der Waals surface area contributed by atoms with Gasteiger partial charge >= 0.3 is 5.97 Å². The highest BCUT2D eigenvalue weighted by Crippen LogP contribution is 2.27. The molecule has 0 atom stereocenters. The Labute approximate surface area is 215 Å². The number of ether oxygens (including phenoxy) is 1. The molecule has 3 aromatic carbocycles. The molecular weight excluding hydrogens is 494 g/mol. The average molecular weight is 514 g/mol. The van der Waals surface area contributed by atoms with Gasteiger partial charge in [-0.1, -0.05) is 41.9 Å². The van der Waals surface area contributed by atoms with Crippen LogP contribution < -0.4 is 10.9 Å². The lowest BCUT2D eigenvalue weighted by Gasteiger charge is -2.14. The fourth-order valence-electron chi connectivity index (χ4n) is 4.12. The minimum Gasteiger partial charge on any atom is -0.465 e. The molecule has 5 aromatic rings. The zero-order valence-corrected chi connectivity index (χ0v) is 20.4. The topological polar surface area (TPSA) is 103 Å². The molecular formula is C28H20ClN3O5. The van der Waals surface area contributed by atoms with Crippen molar-refractivity contribution in [1.29, 1.82) is 0 Å². The van der Waals surface area contributed by atoms with Crippen molar-refractivity contribution in [2.75, 3.05) is 7.11 Å². The number of aromatic nitrogens is 1. The van der Waals surface area contributed by atoms with Crippen LogP contribution in [0, 0.1) is 0 Å². The number of para-hydroxylation sites is 2. The summed E-state index contributed by atoms with van der Waals surface area (Å²) in [6.07, 6.45) is 1.38. The summed E-state index contributed by atoms with van der Waals surface area (Å²) in [7, 11) is 1.29. The first-order valence-electron chi connectivity index (χ1n) is 11.3. The molecule has 5 rings (SSSR count). The number of rotatable bonds is 6. The van der Waals surface area contributed by atoms with Crippen molar-refractivity contribution in [2.45, 2.75) is 6.54 Å². The molecule has 0 radical (unpaired) electrons. The molecule has 37 heavy (non-hydrogen) atoms. The van der Waals surface area contributed by atoms with Gasteiger partial charge in [0, 0.05) is 16.3 Å². The average Bonchev–Trinajstić information content (AvgIpc) is 3.39. The highest BCUT2D eigenvalue weighted by molar-refractivity contribution is 6.33. The molecule has 2 heterocycles. The minimum absolute atomic E-state index is 0.0346. The molecule has 0 saturated heterocycles. The van der Waals surface area contributed by atoms with Crippen molar-refractivity contribution in [3.63, 3.8) is 0 Å². The zero-order chi connectivity index (χ0) is 25.9. The van der Waals surface area contributed by atoms with E-state index in [0.717, 1.165) is 0 Å². The van der Waals surface area contributed by atoms with Crippen LogP contribution in [0.5, 0.6) is 0 Å². The number of fused-ring (bicyclic) bond motifs is 2. The van der Waals surface area contributed by atoms with E-state index < -0.39 is 5.97 Å². The van der Waals surface area contributed by atoms with Gasteiger partial charge in [0.1, 0.15) is 18.1 Å².